The quantitative estimate of drug-likeness (QED) is 0.733. The normalized spacial score (nSPS) is 11.2. The highest BCUT2D eigenvalue weighted by Crippen LogP contribution is 2.27. The minimum Gasteiger partial charge on any atom is -0.272 e. The van der Waals surface area contributed by atoms with E-state index in [0.717, 1.165) is 10.9 Å². The van der Waals surface area contributed by atoms with Crippen molar-refractivity contribution < 1.29 is 8.42 Å². The van der Waals surface area contributed by atoms with Crippen LogP contribution in [0.2, 0.25) is 0 Å². The summed E-state index contributed by atoms with van der Waals surface area (Å²) in [6.45, 7) is 0. The van der Waals surface area contributed by atoms with E-state index in [1.165, 1.54) is 4.31 Å². The Morgan fingerprint density at radius 3 is 2.54 bits per heavy atom. The van der Waals surface area contributed by atoms with Gasteiger partial charge in [-0.15, -0.1) is 0 Å². The third-order valence-corrected chi connectivity index (χ3v) is 5.54. The van der Waals surface area contributed by atoms with Crippen LogP contribution in [0.5, 0.6) is 0 Å². The molecule has 0 aliphatic rings. The van der Waals surface area contributed by atoms with Crippen molar-refractivity contribution in [1.29, 1.82) is 5.26 Å². The van der Waals surface area contributed by atoms with Crippen LogP contribution in [0.25, 0.3) is 10.9 Å². The van der Waals surface area contributed by atoms with Crippen LogP contribution in [-0.4, -0.2) is 20.4 Å². The summed E-state index contributed by atoms with van der Waals surface area (Å²) < 4.78 is 26.8. The highest BCUT2D eigenvalue weighted by Gasteiger charge is 2.20. The van der Waals surface area contributed by atoms with Crippen molar-refractivity contribution in [3.63, 3.8) is 0 Å². The fraction of sp³-hybridized carbons (Fsp3) is 0.111. The summed E-state index contributed by atoms with van der Waals surface area (Å²) in [6.07, 6.45) is 1.68. The van der Waals surface area contributed by atoms with Crippen molar-refractivity contribution in [2.45, 2.75) is 5.75 Å². The first kappa shape index (κ1) is 16.0. The Balaban J connectivity index is 1.95. The van der Waals surface area contributed by atoms with E-state index in [1.54, 1.807) is 55.7 Å². The van der Waals surface area contributed by atoms with Gasteiger partial charge in [0.05, 0.1) is 28.6 Å². The first-order valence-corrected chi connectivity index (χ1v) is 8.91. The number of hydrogen-bond acceptors (Lipinski definition) is 4. The first-order valence-electron chi connectivity index (χ1n) is 7.31. The van der Waals surface area contributed by atoms with Gasteiger partial charge in [-0.1, -0.05) is 18.2 Å². The van der Waals surface area contributed by atoms with Gasteiger partial charge in [-0.3, -0.25) is 9.29 Å². The van der Waals surface area contributed by atoms with Crippen LogP contribution in [0.15, 0.2) is 60.8 Å². The van der Waals surface area contributed by atoms with Gasteiger partial charge in [0, 0.05) is 18.6 Å². The molecule has 0 saturated heterocycles. The third-order valence-electron chi connectivity index (χ3n) is 3.81. The van der Waals surface area contributed by atoms with Gasteiger partial charge in [-0.25, -0.2) is 8.42 Å². The number of rotatable bonds is 4. The smallest absolute Gasteiger partial charge is 0.239 e. The molecule has 24 heavy (non-hydrogen) atoms. The number of hydrogen-bond donors (Lipinski definition) is 0. The van der Waals surface area contributed by atoms with Crippen molar-refractivity contribution in [2.75, 3.05) is 11.4 Å². The molecule has 0 fully saturated rings. The molecular formula is C18H15N3O2S. The Kier molecular flexibility index (Phi) is 4.19. The number of nitriles is 1. The van der Waals surface area contributed by atoms with Crippen molar-refractivity contribution in [3.05, 3.63) is 71.9 Å². The number of nitrogens with zero attached hydrogens (tertiary/aromatic N) is 3. The molecule has 1 aromatic heterocycles. The van der Waals surface area contributed by atoms with E-state index < -0.39 is 10.0 Å². The molecule has 0 N–H and O–H groups in total. The van der Waals surface area contributed by atoms with E-state index in [4.69, 9.17) is 5.26 Å². The summed E-state index contributed by atoms with van der Waals surface area (Å²) in [5.74, 6) is -0.133. The summed E-state index contributed by atoms with van der Waals surface area (Å²) in [7, 11) is -2.01. The molecule has 0 atom stereocenters. The second-order valence-corrected chi connectivity index (χ2v) is 7.38. The Bertz CT molecular complexity index is 1020. The molecule has 3 aromatic rings. The number of anilines is 1. The van der Waals surface area contributed by atoms with Gasteiger partial charge >= 0.3 is 0 Å². The van der Waals surface area contributed by atoms with Gasteiger partial charge in [0.1, 0.15) is 0 Å². The van der Waals surface area contributed by atoms with E-state index in [1.807, 2.05) is 18.2 Å². The monoisotopic (exact) mass is 337 g/mol. The molecule has 120 valence electrons. The lowest BCUT2D eigenvalue weighted by Crippen LogP contribution is -2.28. The fourth-order valence-electron chi connectivity index (χ4n) is 2.49. The lowest BCUT2D eigenvalue weighted by molar-refractivity contribution is 0.593. The zero-order valence-electron chi connectivity index (χ0n) is 13.0. The highest BCUT2D eigenvalue weighted by molar-refractivity contribution is 7.92. The maximum Gasteiger partial charge on any atom is 0.239 e. The summed E-state index contributed by atoms with van der Waals surface area (Å²) in [4.78, 5) is 4.26. The van der Waals surface area contributed by atoms with E-state index >= 15 is 0 Å². The Hall–Kier alpha value is -2.91. The van der Waals surface area contributed by atoms with Crippen molar-refractivity contribution in [1.82, 2.24) is 4.98 Å². The maximum atomic E-state index is 12.7. The molecule has 0 spiro atoms. The van der Waals surface area contributed by atoms with E-state index in [0.29, 0.717) is 16.8 Å². The molecule has 2 aromatic carbocycles. The van der Waals surface area contributed by atoms with Crippen molar-refractivity contribution >= 4 is 26.6 Å². The Morgan fingerprint density at radius 2 is 1.83 bits per heavy atom. The molecule has 0 aliphatic carbocycles. The van der Waals surface area contributed by atoms with Gasteiger partial charge in [0.25, 0.3) is 0 Å². The molecule has 0 radical (unpaired) electrons. The number of fused-ring (bicyclic) bond motifs is 1. The summed E-state index contributed by atoms with van der Waals surface area (Å²) in [5, 5.41) is 9.60. The molecule has 1 heterocycles. The van der Waals surface area contributed by atoms with Gasteiger partial charge in [0.15, 0.2) is 0 Å². The predicted molar refractivity (Wildman–Crippen MR) is 93.9 cm³/mol. The molecule has 0 aliphatic heterocycles. The van der Waals surface area contributed by atoms with Gasteiger partial charge < -0.3 is 0 Å². The molecule has 0 unspecified atom stereocenters. The summed E-state index contributed by atoms with van der Waals surface area (Å²) in [6, 6.07) is 17.6. The molecule has 0 saturated carbocycles. The highest BCUT2D eigenvalue weighted by atomic mass is 32.2. The Morgan fingerprint density at radius 1 is 1.08 bits per heavy atom. The number of pyridine rings is 1. The average molecular weight is 337 g/mol. The minimum atomic E-state index is -3.55. The van der Waals surface area contributed by atoms with Crippen LogP contribution in [-0.2, 0) is 15.8 Å². The van der Waals surface area contributed by atoms with Crippen LogP contribution in [0.4, 0.5) is 5.69 Å². The van der Waals surface area contributed by atoms with E-state index in [2.05, 4.69) is 4.98 Å². The second kappa shape index (κ2) is 6.30. The van der Waals surface area contributed by atoms with Gasteiger partial charge in [-0.05, 0) is 42.0 Å². The SMILES string of the molecule is CN(c1cccc2ncccc12)S(=O)(=O)Cc1ccc(C#N)cc1. The maximum absolute atomic E-state index is 12.7. The second-order valence-electron chi connectivity index (χ2n) is 5.38. The lowest BCUT2D eigenvalue weighted by atomic mass is 10.2. The van der Waals surface area contributed by atoms with Crippen LogP contribution in [0.3, 0.4) is 0 Å². The number of aromatic nitrogens is 1. The largest absolute Gasteiger partial charge is 0.272 e. The molecular weight excluding hydrogens is 322 g/mol. The number of benzene rings is 2. The standard InChI is InChI=1S/C18H15N3O2S/c1-21(18-6-2-5-17-16(18)4-3-11-20-17)24(22,23)13-15-9-7-14(12-19)8-10-15/h2-11H,13H2,1H3. The fourth-order valence-corrected chi connectivity index (χ4v) is 3.76. The summed E-state index contributed by atoms with van der Waals surface area (Å²) >= 11 is 0. The van der Waals surface area contributed by atoms with Gasteiger partial charge in [0.2, 0.25) is 10.0 Å². The average Bonchev–Trinajstić information content (AvgIpc) is 2.61. The first-order chi connectivity index (χ1) is 11.5. The van der Waals surface area contributed by atoms with Crippen LogP contribution >= 0.6 is 0 Å². The van der Waals surface area contributed by atoms with Crippen molar-refractivity contribution in [3.8, 4) is 6.07 Å². The van der Waals surface area contributed by atoms with Crippen LogP contribution < -0.4 is 4.31 Å². The number of sulfonamides is 1. The molecule has 5 nitrogen and oxygen atoms in total. The zero-order valence-corrected chi connectivity index (χ0v) is 13.9. The summed E-state index contributed by atoms with van der Waals surface area (Å²) in [5.41, 5.74) is 2.48. The topological polar surface area (TPSA) is 74.1 Å². The zero-order chi connectivity index (χ0) is 17.2. The predicted octanol–water partition coefficient (Wildman–Crippen LogP) is 3.07. The molecule has 3 rings (SSSR count). The molecule has 6 heteroatoms. The van der Waals surface area contributed by atoms with Crippen LogP contribution in [0, 0.1) is 11.3 Å². The molecule has 0 amide bonds. The minimum absolute atomic E-state index is 0.133. The van der Waals surface area contributed by atoms with E-state index in [-0.39, 0.29) is 5.75 Å². The Labute approximate surface area is 140 Å². The van der Waals surface area contributed by atoms with E-state index in [9.17, 15) is 8.42 Å². The lowest BCUT2D eigenvalue weighted by Gasteiger charge is -2.21. The molecule has 0 bridgehead atoms. The van der Waals surface area contributed by atoms with Gasteiger partial charge in [-0.2, -0.15) is 5.26 Å². The third kappa shape index (κ3) is 3.07. The van der Waals surface area contributed by atoms with Crippen molar-refractivity contribution in [2.24, 2.45) is 0 Å². The van der Waals surface area contributed by atoms with Crippen LogP contribution in [0.1, 0.15) is 11.1 Å².